The lowest BCUT2D eigenvalue weighted by atomic mass is 9.97. The first-order valence-corrected chi connectivity index (χ1v) is 9.74. The minimum atomic E-state index is -0.131. The summed E-state index contributed by atoms with van der Waals surface area (Å²) >= 11 is 3.56. The molecule has 136 valence electrons. The molecule has 0 radical (unpaired) electrons. The van der Waals surface area contributed by atoms with Crippen LogP contribution in [0, 0.1) is 0 Å². The van der Waals surface area contributed by atoms with Crippen LogP contribution in [0.1, 0.15) is 38.3 Å². The number of hydrogen-bond donors (Lipinski definition) is 1. The lowest BCUT2D eigenvalue weighted by molar-refractivity contribution is -0.118. The Bertz CT molecular complexity index is 689. The number of benzene rings is 1. The Hall–Kier alpha value is -1.53. The van der Waals surface area contributed by atoms with E-state index in [0.717, 1.165) is 59.7 Å². The van der Waals surface area contributed by atoms with Gasteiger partial charge in [-0.1, -0.05) is 29.8 Å². The summed E-state index contributed by atoms with van der Waals surface area (Å²) in [6.07, 6.45) is 2.05. The van der Waals surface area contributed by atoms with Crippen LogP contribution in [-0.4, -0.2) is 49.1 Å². The molecule has 1 amide bonds. The van der Waals surface area contributed by atoms with Gasteiger partial charge >= 0.3 is 0 Å². The zero-order valence-electron chi connectivity index (χ0n) is 15.1. The van der Waals surface area contributed by atoms with Gasteiger partial charge in [-0.3, -0.25) is 9.69 Å². The highest BCUT2D eigenvalue weighted by molar-refractivity contribution is 9.10. The quantitative estimate of drug-likeness (QED) is 0.785. The fourth-order valence-corrected chi connectivity index (χ4v) is 4.01. The third kappa shape index (κ3) is 3.70. The van der Waals surface area contributed by atoms with Crippen molar-refractivity contribution >= 4 is 21.8 Å². The van der Waals surface area contributed by atoms with Gasteiger partial charge in [0.25, 0.3) is 5.91 Å². The summed E-state index contributed by atoms with van der Waals surface area (Å²) in [4.78, 5) is 17.0. The van der Waals surface area contributed by atoms with Gasteiger partial charge in [0, 0.05) is 23.6 Å². The smallest absolute Gasteiger partial charge is 0.268 e. The number of ether oxygens (including phenoxy) is 1. The molecule has 6 heteroatoms. The van der Waals surface area contributed by atoms with Crippen molar-refractivity contribution in [2.75, 3.05) is 33.4 Å². The van der Waals surface area contributed by atoms with Crippen LogP contribution >= 0.6 is 15.9 Å². The van der Waals surface area contributed by atoms with Crippen molar-refractivity contribution in [3.8, 4) is 5.75 Å². The Morgan fingerprint density at radius 2 is 2.12 bits per heavy atom. The van der Waals surface area contributed by atoms with Crippen LogP contribution < -0.4 is 10.1 Å². The molecule has 0 saturated carbocycles. The molecule has 1 aromatic carbocycles. The van der Waals surface area contributed by atoms with Crippen LogP contribution in [-0.2, 0) is 4.79 Å². The topological polar surface area (TPSA) is 44.8 Å². The van der Waals surface area contributed by atoms with Crippen molar-refractivity contribution in [2.45, 2.75) is 32.7 Å². The number of hydrogen-bond acceptors (Lipinski definition) is 4. The Labute approximate surface area is 158 Å². The van der Waals surface area contributed by atoms with Crippen LogP contribution in [0.15, 0.2) is 33.9 Å². The maximum Gasteiger partial charge on any atom is 0.268 e. The molecule has 2 aliphatic heterocycles. The summed E-state index contributed by atoms with van der Waals surface area (Å²) in [7, 11) is 1.99. The summed E-state index contributed by atoms with van der Waals surface area (Å²) < 4.78 is 6.94. The Morgan fingerprint density at radius 3 is 2.84 bits per heavy atom. The molecular weight excluding hydrogens is 382 g/mol. The molecule has 2 heterocycles. The molecule has 2 aliphatic rings. The Kier molecular flexibility index (Phi) is 5.69. The van der Waals surface area contributed by atoms with Gasteiger partial charge in [-0.15, -0.1) is 0 Å². The maximum absolute atomic E-state index is 12.6. The van der Waals surface area contributed by atoms with Crippen molar-refractivity contribution in [3.05, 3.63) is 39.5 Å². The molecule has 0 aromatic heterocycles. The summed E-state index contributed by atoms with van der Waals surface area (Å²) in [5, 5.41) is 3.17. The van der Waals surface area contributed by atoms with Gasteiger partial charge < -0.3 is 15.0 Å². The van der Waals surface area contributed by atoms with Gasteiger partial charge in [0.2, 0.25) is 0 Å². The largest absolute Gasteiger partial charge is 0.493 e. The molecule has 25 heavy (non-hydrogen) atoms. The van der Waals surface area contributed by atoms with E-state index in [0.29, 0.717) is 6.61 Å². The summed E-state index contributed by atoms with van der Waals surface area (Å²) in [6.45, 7) is 7.59. The number of carbonyl (C=O) groups excluding carboxylic acids is 1. The Balaban J connectivity index is 1.97. The van der Waals surface area contributed by atoms with Gasteiger partial charge in [0.15, 0.2) is 0 Å². The zero-order valence-corrected chi connectivity index (χ0v) is 16.7. The average Bonchev–Trinajstić information content (AvgIpc) is 2.91. The van der Waals surface area contributed by atoms with Crippen LogP contribution in [0.4, 0.5) is 0 Å². The van der Waals surface area contributed by atoms with Crippen LogP contribution in [0.25, 0.3) is 0 Å². The minimum absolute atomic E-state index is 0.0139. The van der Waals surface area contributed by atoms with E-state index in [1.54, 1.807) is 0 Å². The number of halogens is 1. The first kappa shape index (κ1) is 18.3. The van der Waals surface area contributed by atoms with E-state index in [2.05, 4.69) is 51.0 Å². The highest BCUT2D eigenvalue weighted by Crippen LogP contribution is 2.39. The minimum Gasteiger partial charge on any atom is -0.493 e. The van der Waals surface area contributed by atoms with E-state index in [4.69, 9.17) is 4.74 Å². The summed E-state index contributed by atoms with van der Waals surface area (Å²) in [5.41, 5.74) is 2.98. The van der Waals surface area contributed by atoms with Crippen molar-refractivity contribution in [1.82, 2.24) is 15.1 Å². The number of rotatable bonds is 6. The van der Waals surface area contributed by atoms with Crippen LogP contribution in [0.3, 0.4) is 0 Å². The second kappa shape index (κ2) is 7.79. The standard InChI is InChI=1S/C19H26BrN3O2/c1-4-8-23-11-15-17(21-19(24)18(15)22(3)12-23)14-10-13(20)6-7-16(14)25-9-5-2/h6-7,10,17H,4-5,8-9,11-12H2,1-3H3,(H,21,24). The number of amides is 1. The molecule has 1 N–H and O–H groups in total. The molecule has 0 bridgehead atoms. The average molecular weight is 408 g/mol. The van der Waals surface area contributed by atoms with Gasteiger partial charge in [0.05, 0.1) is 19.3 Å². The predicted octanol–water partition coefficient (Wildman–Crippen LogP) is 3.28. The van der Waals surface area contributed by atoms with Gasteiger partial charge in [0.1, 0.15) is 11.4 Å². The van der Waals surface area contributed by atoms with Crippen molar-refractivity contribution < 1.29 is 9.53 Å². The fourth-order valence-electron chi connectivity index (χ4n) is 3.64. The monoisotopic (exact) mass is 407 g/mol. The molecule has 0 aliphatic carbocycles. The van der Waals surface area contributed by atoms with E-state index in [9.17, 15) is 4.79 Å². The molecule has 0 saturated heterocycles. The first-order valence-electron chi connectivity index (χ1n) is 8.94. The number of nitrogens with one attached hydrogen (secondary N) is 1. The predicted molar refractivity (Wildman–Crippen MR) is 102 cm³/mol. The van der Waals surface area contributed by atoms with Gasteiger partial charge in [-0.25, -0.2) is 0 Å². The first-order chi connectivity index (χ1) is 12.0. The molecule has 3 rings (SSSR count). The second-order valence-electron chi connectivity index (χ2n) is 6.70. The normalized spacial score (nSPS) is 20.7. The van der Waals surface area contributed by atoms with Crippen molar-refractivity contribution in [3.63, 3.8) is 0 Å². The number of likely N-dealkylation sites (N-methyl/N-ethyl adjacent to an activating group) is 1. The van der Waals surface area contributed by atoms with E-state index in [1.807, 2.05) is 19.2 Å². The third-order valence-corrected chi connectivity index (χ3v) is 5.11. The maximum atomic E-state index is 12.6. The zero-order chi connectivity index (χ0) is 18.0. The van der Waals surface area contributed by atoms with Crippen molar-refractivity contribution in [1.29, 1.82) is 0 Å². The molecule has 0 fully saturated rings. The highest BCUT2D eigenvalue weighted by Gasteiger charge is 2.39. The Morgan fingerprint density at radius 1 is 1.32 bits per heavy atom. The summed E-state index contributed by atoms with van der Waals surface area (Å²) in [6, 6.07) is 5.89. The van der Waals surface area contributed by atoms with E-state index < -0.39 is 0 Å². The number of nitrogens with zero attached hydrogens (tertiary/aromatic N) is 2. The van der Waals surface area contributed by atoms with Crippen molar-refractivity contribution in [2.24, 2.45) is 0 Å². The second-order valence-corrected chi connectivity index (χ2v) is 7.62. The SMILES string of the molecule is CCCOc1ccc(Br)cc1C1NC(=O)C2=C1CN(CCC)CN2C. The number of carbonyl (C=O) groups is 1. The summed E-state index contributed by atoms with van der Waals surface area (Å²) in [5.74, 6) is 0.861. The van der Waals surface area contributed by atoms with E-state index in [1.165, 1.54) is 0 Å². The molecular formula is C19H26BrN3O2. The van der Waals surface area contributed by atoms with Gasteiger partial charge in [-0.05, 0) is 43.2 Å². The molecule has 1 unspecified atom stereocenters. The highest BCUT2D eigenvalue weighted by atomic mass is 79.9. The van der Waals surface area contributed by atoms with E-state index in [-0.39, 0.29) is 11.9 Å². The van der Waals surface area contributed by atoms with E-state index >= 15 is 0 Å². The molecule has 0 spiro atoms. The molecule has 5 nitrogen and oxygen atoms in total. The third-order valence-electron chi connectivity index (χ3n) is 4.62. The van der Waals surface area contributed by atoms with Crippen LogP contribution in [0.2, 0.25) is 0 Å². The lowest BCUT2D eigenvalue weighted by Gasteiger charge is -2.35. The fraction of sp³-hybridized carbons (Fsp3) is 0.526. The molecule has 1 aromatic rings. The lowest BCUT2D eigenvalue weighted by Crippen LogP contribution is -2.43. The molecule has 1 atom stereocenters. The van der Waals surface area contributed by atoms with Crippen LogP contribution in [0.5, 0.6) is 5.75 Å². The van der Waals surface area contributed by atoms with Gasteiger partial charge in [-0.2, -0.15) is 0 Å².